The van der Waals surface area contributed by atoms with Gasteiger partial charge in [-0.15, -0.1) is 5.10 Å². The SMILES string of the molecule is CC(=O)OC(C)C1(c2nc(Cl)c3cnc(N[C@H]4CCNC[C@H]4F)nn23)CCC1. The van der Waals surface area contributed by atoms with Gasteiger partial charge in [0.05, 0.1) is 17.7 Å². The molecule has 1 aliphatic carbocycles. The normalized spacial score (nSPS) is 25.1. The van der Waals surface area contributed by atoms with Crippen LogP contribution >= 0.6 is 11.6 Å². The molecular formula is C18H24ClFN6O2. The van der Waals surface area contributed by atoms with Gasteiger partial charge in [-0.25, -0.2) is 18.9 Å². The number of carbonyl (C=O) groups is 1. The third-order valence-electron chi connectivity index (χ3n) is 5.88. The van der Waals surface area contributed by atoms with Crippen molar-refractivity contribution >= 4 is 29.0 Å². The summed E-state index contributed by atoms with van der Waals surface area (Å²) in [4.78, 5) is 20.3. The van der Waals surface area contributed by atoms with Gasteiger partial charge in [0, 0.05) is 13.5 Å². The molecule has 0 aromatic carbocycles. The minimum atomic E-state index is -1.01. The highest BCUT2D eigenvalue weighted by Crippen LogP contribution is 2.47. The smallest absolute Gasteiger partial charge is 0.302 e. The molecule has 1 unspecified atom stereocenters. The number of anilines is 1. The van der Waals surface area contributed by atoms with Crippen LogP contribution in [0.1, 0.15) is 45.4 Å². The fourth-order valence-corrected chi connectivity index (χ4v) is 4.33. The van der Waals surface area contributed by atoms with Crippen LogP contribution in [0.3, 0.4) is 0 Å². The van der Waals surface area contributed by atoms with Crippen LogP contribution in [-0.4, -0.2) is 57.0 Å². The molecule has 10 heteroatoms. The van der Waals surface area contributed by atoms with Crippen LogP contribution in [0.15, 0.2) is 6.20 Å². The predicted molar refractivity (Wildman–Crippen MR) is 102 cm³/mol. The van der Waals surface area contributed by atoms with E-state index in [0.29, 0.717) is 35.4 Å². The van der Waals surface area contributed by atoms with Crippen molar-refractivity contribution < 1.29 is 13.9 Å². The molecule has 0 radical (unpaired) electrons. The molecule has 3 heterocycles. The average molecular weight is 411 g/mol. The minimum absolute atomic E-state index is 0.299. The first kappa shape index (κ1) is 19.3. The van der Waals surface area contributed by atoms with E-state index in [1.165, 1.54) is 6.92 Å². The average Bonchev–Trinajstić information content (AvgIpc) is 2.92. The Bertz CT molecular complexity index is 886. The van der Waals surface area contributed by atoms with Gasteiger partial charge in [-0.3, -0.25) is 4.79 Å². The van der Waals surface area contributed by atoms with Crippen molar-refractivity contribution in [2.45, 2.75) is 63.3 Å². The quantitative estimate of drug-likeness (QED) is 0.730. The van der Waals surface area contributed by atoms with E-state index in [0.717, 1.165) is 25.8 Å². The number of fused-ring (bicyclic) bond motifs is 1. The molecule has 0 amide bonds. The van der Waals surface area contributed by atoms with E-state index in [9.17, 15) is 9.18 Å². The molecule has 152 valence electrons. The number of imidazole rings is 1. The highest BCUT2D eigenvalue weighted by atomic mass is 35.5. The molecule has 2 aliphatic rings. The van der Waals surface area contributed by atoms with Gasteiger partial charge in [-0.05, 0) is 32.7 Å². The second kappa shape index (κ2) is 7.44. The largest absolute Gasteiger partial charge is 0.462 e. The lowest BCUT2D eigenvalue weighted by molar-refractivity contribution is -0.151. The van der Waals surface area contributed by atoms with E-state index in [1.54, 1.807) is 10.7 Å². The first-order chi connectivity index (χ1) is 13.4. The molecule has 2 N–H and O–H groups in total. The lowest BCUT2D eigenvalue weighted by atomic mass is 9.64. The first-order valence-corrected chi connectivity index (χ1v) is 9.99. The Hall–Kier alpha value is -2.00. The highest BCUT2D eigenvalue weighted by Gasteiger charge is 2.49. The molecule has 2 aromatic heterocycles. The summed E-state index contributed by atoms with van der Waals surface area (Å²) in [7, 11) is 0. The topological polar surface area (TPSA) is 93.4 Å². The number of hydrogen-bond acceptors (Lipinski definition) is 7. The Labute approximate surface area is 167 Å². The van der Waals surface area contributed by atoms with Gasteiger partial charge in [0.1, 0.15) is 23.6 Å². The second-order valence-corrected chi connectivity index (χ2v) is 7.98. The Morgan fingerprint density at radius 2 is 2.32 bits per heavy atom. The van der Waals surface area contributed by atoms with Crippen molar-refractivity contribution in [1.82, 2.24) is 24.9 Å². The summed E-state index contributed by atoms with van der Waals surface area (Å²) < 4.78 is 21.3. The standard InChI is InChI=1S/C18H24ClFN6O2/c1-10(28-11(2)27)18(5-3-6-18)16-24-15(19)14-9-22-17(25-26(14)16)23-13-4-7-21-8-12(13)20/h9-10,12-13,21H,3-8H2,1-2H3,(H,23,25)/t10?,12-,13+/m1/s1. The zero-order chi connectivity index (χ0) is 19.9. The van der Waals surface area contributed by atoms with Crippen molar-refractivity contribution in [2.75, 3.05) is 18.4 Å². The van der Waals surface area contributed by atoms with Crippen molar-refractivity contribution in [3.63, 3.8) is 0 Å². The fourth-order valence-electron chi connectivity index (χ4n) is 4.12. The third kappa shape index (κ3) is 3.30. The number of hydrogen-bond donors (Lipinski definition) is 2. The number of esters is 1. The minimum Gasteiger partial charge on any atom is -0.462 e. The molecular weight excluding hydrogens is 387 g/mol. The maximum Gasteiger partial charge on any atom is 0.302 e. The van der Waals surface area contributed by atoms with Crippen LogP contribution in [0.5, 0.6) is 0 Å². The first-order valence-electron chi connectivity index (χ1n) is 9.61. The lowest BCUT2D eigenvalue weighted by Crippen LogP contribution is -2.47. The van der Waals surface area contributed by atoms with Gasteiger partial charge in [0.15, 0.2) is 5.15 Å². The fraction of sp³-hybridized carbons (Fsp3) is 0.667. The van der Waals surface area contributed by atoms with Crippen LogP contribution in [-0.2, 0) is 14.9 Å². The maximum absolute atomic E-state index is 14.1. The van der Waals surface area contributed by atoms with Gasteiger partial charge in [0.25, 0.3) is 0 Å². The number of rotatable bonds is 5. The summed E-state index contributed by atoms with van der Waals surface area (Å²) in [5, 5.41) is 11.0. The monoisotopic (exact) mass is 410 g/mol. The Morgan fingerprint density at radius 1 is 1.54 bits per heavy atom. The van der Waals surface area contributed by atoms with Crippen LogP contribution in [0, 0.1) is 0 Å². The molecule has 28 heavy (non-hydrogen) atoms. The number of aromatic nitrogens is 4. The van der Waals surface area contributed by atoms with Gasteiger partial charge in [-0.2, -0.15) is 0 Å². The molecule has 4 rings (SSSR count). The predicted octanol–water partition coefficient (Wildman–Crippen LogP) is 2.26. The number of nitrogens with one attached hydrogen (secondary N) is 2. The summed E-state index contributed by atoms with van der Waals surface area (Å²) in [6.07, 6.45) is 3.52. The van der Waals surface area contributed by atoms with Crippen molar-refractivity contribution in [2.24, 2.45) is 0 Å². The van der Waals surface area contributed by atoms with E-state index >= 15 is 0 Å². The van der Waals surface area contributed by atoms with E-state index < -0.39 is 11.6 Å². The molecule has 1 saturated carbocycles. The Morgan fingerprint density at radius 3 is 2.96 bits per heavy atom. The zero-order valence-electron chi connectivity index (χ0n) is 15.9. The van der Waals surface area contributed by atoms with Crippen LogP contribution in [0.2, 0.25) is 5.15 Å². The van der Waals surface area contributed by atoms with E-state index in [2.05, 4.69) is 25.7 Å². The van der Waals surface area contributed by atoms with E-state index in [1.807, 2.05) is 6.92 Å². The van der Waals surface area contributed by atoms with E-state index in [4.69, 9.17) is 16.3 Å². The Balaban J connectivity index is 1.69. The van der Waals surface area contributed by atoms with Crippen molar-refractivity contribution in [1.29, 1.82) is 0 Å². The molecule has 1 saturated heterocycles. The molecule has 2 aromatic rings. The number of ether oxygens (including phenoxy) is 1. The molecule has 8 nitrogen and oxygen atoms in total. The molecule has 0 bridgehead atoms. The van der Waals surface area contributed by atoms with Crippen LogP contribution < -0.4 is 10.6 Å². The van der Waals surface area contributed by atoms with Gasteiger partial charge >= 0.3 is 5.97 Å². The number of carbonyl (C=O) groups excluding carboxylic acids is 1. The molecule has 2 fully saturated rings. The number of halogens is 2. The summed E-state index contributed by atoms with van der Waals surface area (Å²) in [5.41, 5.74) is 0.135. The summed E-state index contributed by atoms with van der Waals surface area (Å²) in [6, 6.07) is -0.348. The summed E-state index contributed by atoms with van der Waals surface area (Å²) in [5.74, 6) is 0.648. The number of nitrogens with zero attached hydrogens (tertiary/aromatic N) is 4. The summed E-state index contributed by atoms with van der Waals surface area (Å²) >= 11 is 6.33. The second-order valence-electron chi connectivity index (χ2n) is 7.63. The van der Waals surface area contributed by atoms with Gasteiger partial charge < -0.3 is 15.4 Å². The number of alkyl halides is 1. The summed E-state index contributed by atoms with van der Waals surface area (Å²) in [6.45, 7) is 4.32. The maximum atomic E-state index is 14.1. The molecule has 3 atom stereocenters. The third-order valence-corrected chi connectivity index (χ3v) is 6.16. The molecule has 1 aliphatic heterocycles. The number of piperidine rings is 1. The van der Waals surface area contributed by atoms with Gasteiger partial charge in [0.2, 0.25) is 5.95 Å². The molecule has 0 spiro atoms. The lowest BCUT2D eigenvalue weighted by Gasteiger charge is -2.44. The Kier molecular flexibility index (Phi) is 5.13. The zero-order valence-corrected chi connectivity index (χ0v) is 16.7. The van der Waals surface area contributed by atoms with Crippen LogP contribution in [0.25, 0.3) is 5.52 Å². The van der Waals surface area contributed by atoms with Gasteiger partial charge in [-0.1, -0.05) is 18.0 Å². The van der Waals surface area contributed by atoms with Crippen molar-refractivity contribution in [3.05, 3.63) is 17.2 Å². The van der Waals surface area contributed by atoms with Crippen LogP contribution in [0.4, 0.5) is 10.3 Å². The van der Waals surface area contributed by atoms with Crippen molar-refractivity contribution in [3.8, 4) is 0 Å². The highest BCUT2D eigenvalue weighted by molar-refractivity contribution is 6.32. The van der Waals surface area contributed by atoms with E-state index in [-0.39, 0.29) is 18.1 Å².